The molecule has 0 aliphatic carbocycles. The lowest BCUT2D eigenvalue weighted by Gasteiger charge is -2.18. The number of aliphatic hydroxyl groups is 1. The maximum atomic E-state index is 11.5. The summed E-state index contributed by atoms with van der Waals surface area (Å²) in [4.78, 5) is 11.5. The summed E-state index contributed by atoms with van der Waals surface area (Å²) < 4.78 is 0. The van der Waals surface area contributed by atoms with Crippen molar-refractivity contribution in [1.82, 2.24) is 10.6 Å². The van der Waals surface area contributed by atoms with E-state index in [9.17, 15) is 4.79 Å². The maximum Gasteiger partial charge on any atom is 0.224 e. The Morgan fingerprint density at radius 1 is 1.50 bits per heavy atom. The van der Waals surface area contributed by atoms with Gasteiger partial charge >= 0.3 is 0 Å². The third-order valence-corrected chi connectivity index (χ3v) is 2.27. The Morgan fingerprint density at radius 2 is 2.14 bits per heavy atom. The first-order valence-electron chi connectivity index (χ1n) is 5.21. The molecule has 0 bridgehead atoms. The molecular weight excluding hydrogens is 180 g/mol. The zero-order valence-corrected chi connectivity index (χ0v) is 9.34. The Kier molecular flexibility index (Phi) is 7.42. The predicted octanol–water partition coefficient (Wildman–Crippen LogP) is 0.119. The van der Waals surface area contributed by atoms with Crippen molar-refractivity contribution in [2.75, 3.05) is 20.2 Å². The molecule has 0 radical (unpaired) electrons. The van der Waals surface area contributed by atoms with Crippen molar-refractivity contribution in [1.29, 1.82) is 0 Å². The lowest BCUT2D eigenvalue weighted by atomic mass is 10.1. The summed E-state index contributed by atoms with van der Waals surface area (Å²) in [6.45, 7) is 4.70. The van der Waals surface area contributed by atoms with Gasteiger partial charge in [0.15, 0.2) is 0 Å². The third-order valence-electron chi connectivity index (χ3n) is 2.27. The molecule has 4 heteroatoms. The van der Waals surface area contributed by atoms with Crippen molar-refractivity contribution in [3.8, 4) is 0 Å². The number of hydrogen-bond acceptors (Lipinski definition) is 3. The molecule has 2 unspecified atom stereocenters. The van der Waals surface area contributed by atoms with E-state index in [1.807, 2.05) is 20.9 Å². The maximum absolute atomic E-state index is 11.5. The van der Waals surface area contributed by atoms with Gasteiger partial charge in [-0.3, -0.25) is 4.79 Å². The van der Waals surface area contributed by atoms with Crippen LogP contribution in [0.4, 0.5) is 0 Å². The molecule has 0 saturated carbocycles. The van der Waals surface area contributed by atoms with Crippen LogP contribution in [0.15, 0.2) is 0 Å². The summed E-state index contributed by atoms with van der Waals surface area (Å²) in [6.07, 6.45) is 1.49. The minimum absolute atomic E-state index is 0.0206. The lowest BCUT2D eigenvalue weighted by Crippen LogP contribution is -2.40. The first-order valence-corrected chi connectivity index (χ1v) is 5.21. The Morgan fingerprint density at radius 3 is 2.57 bits per heavy atom. The zero-order chi connectivity index (χ0) is 11.0. The van der Waals surface area contributed by atoms with E-state index in [4.69, 9.17) is 5.11 Å². The molecule has 0 heterocycles. The first kappa shape index (κ1) is 13.4. The van der Waals surface area contributed by atoms with Crippen molar-refractivity contribution in [2.45, 2.75) is 32.7 Å². The van der Waals surface area contributed by atoms with Gasteiger partial charge in [0.05, 0.1) is 0 Å². The van der Waals surface area contributed by atoms with Crippen LogP contribution in [0.3, 0.4) is 0 Å². The Balaban J connectivity index is 3.88. The van der Waals surface area contributed by atoms with Gasteiger partial charge in [0.1, 0.15) is 0 Å². The van der Waals surface area contributed by atoms with Gasteiger partial charge in [-0.1, -0.05) is 13.8 Å². The van der Waals surface area contributed by atoms with Crippen molar-refractivity contribution in [3.63, 3.8) is 0 Å². The van der Waals surface area contributed by atoms with Gasteiger partial charge in [-0.15, -0.1) is 0 Å². The molecule has 0 rings (SSSR count). The van der Waals surface area contributed by atoms with Crippen LogP contribution in [-0.4, -0.2) is 37.3 Å². The van der Waals surface area contributed by atoms with Crippen molar-refractivity contribution < 1.29 is 9.90 Å². The topological polar surface area (TPSA) is 61.4 Å². The molecule has 0 aromatic carbocycles. The second-order valence-corrected chi connectivity index (χ2v) is 3.58. The minimum Gasteiger partial charge on any atom is -0.396 e. The van der Waals surface area contributed by atoms with Crippen molar-refractivity contribution >= 4 is 5.91 Å². The molecule has 0 saturated heterocycles. The number of hydrogen-bond donors (Lipinski definition) is 3. The highest BCUT2D eigenvalue weighted by Crippen LogP contribution is 2.00. The molecule has 84 valence electrons. The van der Waals surface area contributed by atoms with Gasteiger partial charge in [0.25, 0.3) is 0 Å². The fourth-order valence-corrected chi connectivity index (χ4v) is 1.28. The summed E-state index contributed by atoms with van der Waals surface area (Å²) in [5.41, 5.74) is 0. The molecule has 0 spiro atoms. The summed E-state index contributed by atoms with van der Waals surface area (Å²) in [6, 6.07) is 0.104. The van der Waals surface area contributed by atoms with E-state index >= 15 is 0 Å². The monoisotopic (exact) mass is 202 g/mol. The normalized spacial score (nSPS) is 14.9. The molecule has 14 heavy (non-hydrogen) atoms. The second-order valence-electron chi connectivity index (χ2n) is 3.58. The summed E-state index contributed by atoms with van der Waals surface area (Å²) in [5, 5.41) is 14.6. The van der Waals surface area contributed by atoms with Crippen LogP contribution in [0.25, 0.3) is 0 Å². The molecule has 0 aliphatic rings. The van der Waals surface area contributed by atoms with Crippen LogP contribution in [0.5, 0.6) is 0 Å². The number of rotatable bonds is 7. The lowest BCUT2D eigenvalue weighted by molar-refractivity contribution is -0.125. The van der Waals surface area contributed by atoms with Gasteiger partial charge in [0.2, 0.25) is 5.91 Å². The Hall–Kier alpha value is -0.610. The number of amides is 1. The number of carbonyl (C=O) groups is 1. The Bertz CT molecular complexity index is 162. The van der Waals surface area contributed by atoms with E-state index in [-0.39, 0.29) is 24.5 Å². The molecule has 4 nitrogen and oxygen atoms in total. The fourth-order valence-electron chi connectivity index (χ4n) is 1.28. The van der Waals surface area contributed by atoms with Crippen LogP contribution < -0.4 is 10.6 Å². The van der Waals surface area contributed by atoms with E-state index < -0.39 is 0 Å². The predicted molar refractivity (Wildman–Crippen MR) is 57.0 cm³/mol. The number of aliphatic hydroxyl groups excluding tert-OH is 1. The third kappa shape index (κ3) is 5.19. The molecule has 0 aromatic heterocycles. The van der Waals surface area contributed by atoms with Crippen molar-refractivity contribution in [3.05, 3.63) is 0 Å². The van der Waals surface area contributed by atoms with Gasteiger partial charge in [-0.05, 0) is 19.9 Å². The number of carbonyl (C=O) groups excluding carboxylic acids is 1. The molecule has 2 atom stereocenters. The average Bonchev–Trinajstić information content (AvgIpc) is 2.17. The fraction of sp³-hybridized carbons (Fsp3) is 0.900. The van der Waals surface area contributed by atoms with Crippen LogP contribution in [0, 0.1) is 5.92 Å². The molecule has 1 amide bonds. The van der Waals surface area contributed by atoms with Gasteiger partial charge in [-0.2, -0.15) is 0 Å². The molecule has 0 aliphatic heterocycles. The molecule has 0 fully saturated rings. The summed E-state index contributed by atoms with van der Waals surface area (Å²) in [7, 11) is 1.83. The summed E-state index contributed by atoms with van der Waals surface area (Å²) >= 11 is 0. The van der Waals surface area contributed by atoms with Gasteiger partial charge in [0, 0.05) is 25.1 Å². The van der Waals surface area contributed by atoms with E-state index in [1.165, 1.54) is 0 Å². The van der Waals surface area contributed by atoms with E-state index in [2.05, 4.69) is 10.6 Å². The minimum atomic E-state index is -0.0206. The average molecular weight is 202 g/mol. The molecule has 3 N–H and O–H groups in total. The van der Waals surface area contributed by atoms with E-state index in [0.717, 1.165) is 6.42 Å². The van der Waals surface area contributed by atoms with Crippen molar-refractivity contribution in [2.24, 2.45) is 5.92 Å². The molecule has 0 aromatic rings. The SMILES string of the molecule is CCC(CCO)NC(=O)C(C)CNC. The Labute approximate surface area is 86.1 Å². The smallest absolute Gasteiger partial charge is 0.224 e. The first-order chi connectivity index (χ1) is 6.65. The zero-order valence-electron chi connectivity index (χ0n) is 9.34. The summed E-state index contributed by atoms with van der Waals surface area (Å²) in [5.74, 6) is 0.0346. The van der Waals surface area contributed by atoms with Crippen LogP contribution >= 0.6 is 0 Å². The molecular formula is C10H22N2O2. The highest BCUT2D eigenvalue weighted by Gasteiger charge is 2.15. The van der Waals surface area contributed by atoms with Gasteiger partial charge in [-0.25, -0.2) is 0 Å². The largest absolute Gasteiger partial charge is 0.396 e. The quantitative estimate of drug-likeness (QED) is 0.549. The van der Waals surface area contributed by atoms with Crippen LogP contribution in [0.2, 0.25) is 0 Å². The van der Waals surface area contributed by atoms with Gasteiger partial charge < -0.3 is 15.7 Å². The highest BCUT2D eigenvalue weighted by atomic mass is 16.3. The number of nitrogens with one attached hydrogen (secondary N) is 2. The second kappa shape index (κ2) is 7.76. The van der Waals surface area contributed by atoms with E-state index in [0.29, 0.717) is 13.0 Å². The highest BCUT2D eigenvalue weighted by molar-refractivity contribution is 5.78. The van der Waals surface area contributed by atoms with E-state index in [1.54, 1.807) is 0 Å². The van der Waals surface area contributed by atoms with Crippen LogP contribution in [-0.2, 0) is 4.79 Å². The standard InChI is InChI=1S/C10H22N2O2/c1-4-9(5-6-13)12-10(14)8(2)7-11-3/h8-9,11,13H,4-7H2,1-3H3,(H,12,14). The van der Waals surface area contributed by atoms with Crippen LogP contribution in [0.1, 0.15) is 26.7 Å².